The van der Waals surface area contributed by atoms with Crippen LogP contribution in [-0.2, 0) is 0 Å². The molecule has 0 bridgehead atoms. The van der Waals surface area contributed by atoms with Gasteiger partial charge in [0.2, 0.25) is 0 Å². The molecule has 1 amide bonds. The van der Waals surface area contributed by atoms with E-state index < -0.39 is 6.09 Å². The number of methoxy groups -OCH3 is 1. The van der Waals surface area contributed by atoms with Gasteiger partial charge in [0.05, 0.1) is 24.4 Å². The molecule has 2 heterocycles. The van der Waals surface area contributed by atoms with Crippen molar-refractivity contribution in [1.29, 1.82) is 0 Å². The highest BCUT2D eigenvalue weighted by Gasteiger charge is 2.14. The number of furan rings is 1. The maximum atomic E-state index is 10.8. The largest absolute Gasteiger partial charge is 0.495 e. The van der Waals surface area contributed by atoms with E-state index in [4.69, 9.17) is 20.0 Å². The number of amides is 1. The van der Waals surface area contributed by atoms with E-state index in [1.165, 1.54) is 7.11 Å². The molecule has 3 rings (SSSR count). The van der Waals surface area contributed by atoms with Gasteiger partial charge in [0, 0.05) is 11.8 Å². The lowest BCUT2D eigenvalue weighted by Gasteiger charge is -2.10. The molecule has 1 aromatic carbocycles. The molecule has 0 aliphatic rings. The predicted molar refractivity (Wildman–Crippen MR) is 82.1 cm³/mol. The number of nitrogens with zero attached hydrogens (tertiary/aromatic N) is 1. The van der Waals surface area contributed by atoms with E-state index in [9.17, 15) is 4.79 Å². The van der Waals surface area contributed by atoms with Crippen LogP contribution in [0.15, 0.2) is 41.1 Å². The zero-order valence-electron chi connectivity index (χ0n) is 11.7. The number of fused-ring (bicyclic) bond motifs is 1. The lowest BCUT2D eigenvalue weighted by molar-refractivity contribution is 0.209. The Bertz CT molecular complexity index is 857. The molecular weight excluding hydrogens is 286 g/mol. The maximum Gasteiger partial charge on any atom is 0.409 e. The first kappa shape index (κ1) is 13.7. The van der Waals surface area contributed by atoms with E-state index in [0.29, 0.717) is 28.2 Å². The Balaban J connectivity index is 2.13. The Morgan fingerprint density at radius 3 is 2.95 bits per heavy atom. The summed E-state index contributed by atoms with van der Waals surface area (Å²) in [6.45, 7) is 0. The molecule has 4 N–H and O–H groups in total. The van der Waals surface area contributed by atoms with Gasteiger partial charge in [0.25, 0.3) is 0 Å². The Labute approximate surface area is 125 Å². The zero-order chi connectivity index (χ0) is 15.7. The number of nitrogens with one attached hydrogen (secondary N) is 1. The van der Waals surface area contributed by atoms with Gasteiger partial charge in [-0.25, -0.2) is 9.78 Å². The number of hydrogen-bond donors (Lipinski definition) is 3. The summed E-state index contributed by atoms with van der Waals surface area (Å²) in [6.07, 6.45) is 2.00. The molecule has 0 aliphatic heterocycles. The molecule has 0 saturated carbocycles. The van der Waals surface area contributed by atoms with Crippen LogP contribution < -0.4 is 15.8 Å². The minimum atomic E-state index is -1.16. The van der Waals surface area contributed by atoms with Gasteiger partial charge in [-0.3, -0.25) is 5.32 Å². The van der Waals surface area contributed by atoms with Crippen molar-refractivity contribution in [2.75, 3.05) is 18.2 Å². The quantitative estimate of drug-likeness (QED) is 0.685. The van der Waals surface area contributed by atoms with Crippen LogP contribution in [0, 0.1) is 0 Å². The van der Waals surface area contributed by atoms with Crippen LogP contribution in [0.25, 0.3) is 22.1 Å². The molecular formula is C15H13N3O4. The molecule has 22 heavy (non-hydrogen) atoms. The van der Waals surface area contributed by atoms with Crippen molar-refractivity contribution >= 4 is 28.6 Å². The third-order valence-corrected chi connectivity index (χ3v) is 3.27. The van der Waals surface area contributed by atoms with Gasteiger partial charge in [0.1, 0.15) is 17.2 Å². The van der Waals surface area contributed by atoms with E-state index in [2.05, 4.69) is 10.3 Å². The predicted octanol–water partition coefficient (Wildman–Crippen LogP) is 3.18. The molecule has 0 radical (unpaired) electrons. The summed E-state index contributed by atoms with van der Waals surface area (Å²) >= 11 is 0. The molecule has 7 heteroatoms. The lowest BCUT2D eigenvalue weighted by Crippen LogP contribution is -2.08. The van der Waals surface area contributed by atoms with Crippen molar-refractivity contribution in [2.24, 2.45) is 0 Å². The average Bonchev–Trinajstić information content (AvgIpc) is 2.92. The van der Waals surface area contributed by atoms with Crippen LogP contribution >= 0.6 is 0 Å². The Morgan fingerprint density at radius 1 is 1.41 bits per heavy atom. The van der Waals surface area contributed by atoms with Gasteiger partial charge in [-0.2, -0.15) is 0 Å². The third kappa shape index (κ3) is 2.28. The number of benzene rings is 1. The normalized spacial score (nSPS) is 10.6. The van der Waals surface area contributed by atoms with Crippen molar-refractivity contribution in [3.63, 3.8) is 0 Å². The van der Waals surface area contributed by atoms with Crippen molar-refractivity contribution in [3.8, 4) is 16.9 Å². The van der Waals surface area contributed by atoms with Crippen LogP contribution in [0.1, 0.15) is 0 Å². The second-order valence-electron chi connectivity index (χ2n) is 4.56. The highest BCUT2D eigenvalue weighted by atomic mass is 16.5. The van der Waals surface area contributed by atoms with Crippen molar-refractivity contribution in [1.82, 2.24) is 4.98 Å². The SMILES string of the molecule is COc1cc(-c2coc3ccnc(N)c23)ccc1NC(=O)O. The Kier molecular flexibility index (Phi) is 3.30. The molecule has 0 aliphatic carbocycles. The molecule has 0 saturated heterocycles. The van der Waals surface area contributed by atoms with Crippen molar-refractivity contribution < 1.29 is 19.1 Å². The molecule has 0 unspecified atom stereocenters. The number of ether oxygens (including phenoxy) is 1. The zero-order valence-corrected chi connectivity index (χ0v) is 11.7. The minimum absolute atomic E-state index is 0.359. The fourth-order valence-corrected chi connectivity index (χ4v) is 2.30. The number of anilines is 2. The van der Waals surface area contributed by atoms with Gasteiger partial charge < -0.3 is 20.0 Å². The first-order chi connectivity index (χ1) is 10.6. The first-order valence-electron chi connectivity index (χ1n) is 6.40. The fraction of sp³-hybridized carbons (Fsp3) is 0.0667. The van der Waals surface area contributed by atoms with Gasteiger partial charge >= 0.3 is 6.09 Å². The minimum Gasteiger partial charge on any atom is -0.495 e. The number of nitrogens with two attached hydrogens (primary N) is 1. The molecule has 3 aromatic rings. The number of hydrogen-bond acceptors (Lipinski definition) is 5. The Morgan fingerprint density at radius 2 is 2.23 bits per heavy atom. The second-order valence-corrected chi connectivity index (χ2v) is 4.56. The van der Waals surface area contributed by atoms with Crippen molar-refractivity contribution in [2.45, 2.75) is 0 Å². The average molecular weight is 299 g/mol. The van der Waals surface area contributed by atoms with Gasteiger partial charge in [-0.15, -0.1) is 0 Å². The maximum absolute atomic E-state index is 10.8. The number of aromatic nitrogens is 1. The van der Waals surface area contributed by atoms with Crippen LogP contribution in [0.5, 0.6) is 5.75 Å². The van der Waals surface area contributed by atoms with Crippen LogP contribution in [0.4, 0.5) is 16.3 Å². The van der Waals surface area contributed by atoms with Crippen LogP contribution in [0.2, 0.25) is 0 Å². The number of nitrogen functional groups attached to an aromatic ring is 1. The number of rotatable bonds is 3. The van der Waals surface area contributed by atoms with E-state index in [-0.39, 0.29) is 0 Å². The number of carboxylic acid groups (broad SMARTS) is 1. The standard InChI is InChI=1S/C15H13N3O4/c1-21-12-6-8(2-3-10(12)18-15(19)20)9-7-22-11-4-5-17-14(16)13(9)11/h2-7,18H,1H3,(H2,16,17)(H,19,20). The van der Waals surface area contributed by atoms with Crippen LogP contribution in [-0.4, -0.2) is 23.3 Å². The summed E-state index contributed by atoms with van der Waals surface area (Å²) in [5.74, 6) is 0.768. The summed E-state index contributed by atoms with van der Waals surface area (Å²) in [5.41, 5.74) is 8.45. The molecule has 7 nitrogen and oxygen atoms in total. The van der Waals surface area contributed by atoms with E-state index in [1.54, 1.807) is 36.7 Å². The Hall–Kier alpha value is -3.22. The molecule has 2 aromatic heterocycles. The van der Waals surface area contributed by atoms with Gasteiger partial charge in [0.15, 0.2) is 0 Å². The summed E-state index contributed by atoms with van der Waals surface area (Å²) < 4.78 is 10.7. The highest BCUT2D eigenvalue weighted by Crippen LogP contribution is 2.37. The third-order valence-electron chi connectivity index (χ3n) is 3.27. The highest BCUT2D eigenvalue weighted by molar-refractivity contribution is 6.01. The number of carbonyl (C=O) groups is 1. The molecule has 112 valence electrons. The smallest absolute Gasteiger partial charge is 0.409 e. The summed E-state index contributed by atoms with van der Waals surface area (Å²) in [7, 11) is 1.47. The van der Waals surface area contributed by atoms with Crippen molar-refractivity contribution in [3.05, 3.63) is 36.7 Å². The summed E-state index contributed by atoms with van der Waals surface area (Å²) in [6, 6.07) is 6.81. The fourth-order valence-electron chi connectivity index (χ4n) is 2.30. The lowest BCUT2D eigenvalue weighted by atomic mass is 10.0. The van der Waals surface area contributed by atoms with Gasteiger partial charge in [-0.1, -0.05) is 6.07 Å². The van der Waals surface area contributed by atoms with E-state index in [0.717, 1.165) is 11.1 Å². The second kappa shape index (κ2) is 5.28. The topological polar surface area (TPSA) is 111 Å². The van der Waals surface area contributed by atoms with Gasteiger partial charge in [-0.05, 0) is 23.8 Å². The molecule has 0 spiro atoms. The van der Waals surface area contributed by atoms with E-state index >= 15 is 0 Å². The summed E-state index contributed by atoms with van der Waals surface area (Å²) in [4.78, 5) is 14.8. The number of pyridine rings is 1. The van der Waals surface area contributed by atoms with Crippen LogP contribution in [0.3, 0.4) is 0 Å². The monoisotopic (exact) mass is 299 g/mol. The molecule has 0 fully saturated rings. The molecule has 0 atom stereocenters. The first-order valence-corrected chi connectivity index (χ1v) is 6.40. The van der Waals surface area contributed by atoms with E-state index in [1.807, 2.05) is 0 Å². The summed E-state index contributed by atoms with van der Waals surface area (Å²) in [5, 5.41) is 11.8.